The van der Waals surface area contributed by atoms with Crippen LogP contribution in [0.2, 0.25) is 0 Å². The molecule has 1 aliphatic heterocycles. The minimum absolute atomic E-state index is 0.0620. The zero-order chi connectivity index (χ0) is 11.8. The van der Waals surface area contributed by atoms with Crippen LogP contribution in [0.4, 0.5) is 0 Å². The van der Waals surface area contributed by atoms with Gasteiger partial charge in [0.15, 0.2) is 21.3 Å². The zero-order valence-corrected chi connectivity index (χ0v) is 9.71. The minimum Gasteiger partial charge on any atom is -0.454 e. The topological polar surface area (TPSA) is 78.6 Å². The molecule has 0 atom stereocenters. The van der Waals surface area contributed by atoms with Gasteiger partial charge in [0.1, 0.15) is 0 Å². The quantitative estimate of drug-likeness (QED) is 0.834. The second kappa shape index (κ2) is 3.95. The molecule has 6 heteroatoms. The molecule has 0 spiro atoms. The van der Waals surface area contributed by atoms with Gasteiger partial charge in [0.05, 0.1) is 10.6 Å². The van der Waals surface area contributed by atoms with Gasteiger partial charge in [-0.15, -0.1) is 0 Å². The smallest absolute Gasteiger partial charge is 0.231 e. The summed E-state index contributed by atoms with van der Waals surface area (Å²) in [5, 5.41) is 0. The van der Waals surface area contributed by atoms with Crippen LogP contribution >= 0.6 is 0 Å². The summed E-state index contributed by atoms with van der Waals surface area (Å²) in [7, 11) is -3.32. The van der Waals surface area contributed by atoms with Crippen molar-refractivity contribution in [2.24, 2.45) is 5.73 Å². The Bertz CT molecular complexity index is 510. The van der Waals surface area contributed by atoms with Gasteiger partial charge in [0.2, 0.25) is 6.79 Å². The monoisotopic (exact) mass is 243 g/mol. The van der Waals surface area contributed by atoms with E-state index in [0.717, 1.165) is 0 Å². The van der Waals surface area contributed by atoms with Crippen LogP contribution in [0.1, 0.15) is 5.56 Å². The molecule has 0 fully saturated rings. The molecule has 2 rings (SSSR count). The molecule has 0 radical (unpaired) electrons. The lowest BCUT2D eigenvalue weighted by atomic mass is 10.2. The summed E-state index contributed by atoms with van der Waals surface area (Å²) in [5.74, 6) is 0.999. The van der Waals surface area contributed by atoms with Crippen molar-refractivity contribution in [1.82, 2.24) is 0 Å². The molecule has 0 bridgehead atoms. The maximum Gasteiger partial charge on any atom is 0.231 e. The second-order valence-corrected chi connectivity index (χ2v) is 5.66. The van der Waals surface area contributed by atoms with Crippen molar-refractivity contribution in [3.05, 3.63) is 17.7 Å². The van der Waals surface area contributed by atoms with Crippen LogP contribution in [0.5, 0.6) is 11.5 Å². The van der Waals surface area contributed by atoms with Crippen LogP contribution in [0, 0.1) is 6.92 Å². The summed E-state index contributed by atoms with van der Waals surface area (Å²) in [6.07, 6.45) is 0. The average Bonchev–Trinajstić information content (AvgIpc) is 2.63. The van der Waals surface area contributed by atoms with Gasteiger partial charge in [-0.25, -0.2) is 8.42 Å². The van der Waals surface area contributed by atoms with Gasteiger partial charge < -0.3 is 15.2 Å². The molecular weight excluding hydrogens is 230 g/mol. The predicted octanol–water partition coefficient (Wildman–Crippen LogP) is 0.456. The van der Waals surface area contributed by atoms with E-state index in [1.54, 1.807) is 13.0 Å². The van der Waals surface area contributed by atoms with E-state index in [1.165, 1.54) is 6.07 Å². The van der Waals surface area contributed by atoms with E-state index in [-0.39, 0.29) is 24.0 Å². The molecule has 1 aromatic carbocycles. The highest BCUT2D eigenvalue weighted by atomic mass is 32.2. The first kappa shape index (κ1) is 11.2. The molecule has 0 amide bonds. The fourth-order valence-corrected chi connectivity index (χ4v) is 2.99. The Hall–Kier alpha value is -1.27. The van der Waals surface area contributed by atoms with Gasteiger partial charge in [-0.3, -0.25) is 0 Å². The highest BCUT2D eigenvalue weighted by Crippen LogP contribution is 2.36. The van der Waals surface area contributed by atoms with E-state index >= 15 is 0 Å². The van der Waals surface area contributed by atoms with E-state index in [2.05, 4.69) is 0 Å². The van der Waals surface area contributed by atoms with Crippen molar-refractivity contribution in [2.45, 2.75) is 11.8 Å². The van der Waals surface area contributed by atoms with E-state index in [0.29, 0.717) is 17.1 Å². The number of ether oxygens (including phenoxy) is 2. The first-order valence-electron chi connectivity index (χ1n) is 4.87. The molecule has 1 aliphatic rings. The van der Waals surface area contributed by atoms with E-state index in [9.17, 15) is 8.42 Å². The molecule has 5 nitrogen and oxygen atoms in total. The zero-order valence-electron chi connectivity index (χ0n) is 8.89. The Labute approximate surface area is 94.1 Å². The molecule has 1 aromatic rings. The summed E-state index contributed by atoms with van der Waals surface area (Å²) >= 11 is 0. The molecule has 0 aromatic heterocycles. The third-order valence-corrected chi connectivity index (χ3v) is 4.27. The van der Waals surface area contributed by atoms with Crippen LogP contribution in [0.25, 0.3) is 0 Å². The van der Waals surface area contributed by atoms with Crippen LogP contribution in [-0.2, 0) is 9.84 Å². The van der Waals surface area contributed by atoms with Crippen molar-refractivity contribution in [1.29, 1.82) is 0 Å². The Balaban J connectivity index is 2.50. The first-order chi connectivity index (χ1) is 7.54. The minimum atomic E-state index is -3.32. The molecule has 1 heterocycles. The number of nitrogens with two attached hydrogens (primary N) is 1. The standard InChI is InChI=1S/C10H13NO4S/c1-7-4-8-9(15-6-14-8)5-10(7)16(12,13)3-2-11/h4-5H,2-3,6,11H2,1H3. The highest BCUT2D eigenvalue weighted by Gasteiger charge is 2.22. The third-order valence-electron chi connectivity index (χ3n) is 2.39. The second-order valence-electron chi connectivity index (χ2n) is 3.58. The summed E-state index contributed by atoms with van der Waals surface area (Å²) in [6.45, 7) is 1.97. The molecule has 2 N–H and O–H groups in total. The summed E-state index contributed by atoms with van der Waals surface area (Å²) in [5.41, 5.74) is 5.93. The van der Waals surface area contributed by atoms with Gasteiger partial charge >= 0.3 is 0 Å². The maximum absolute atomic E-state index is 11.9. The van der Waals surface area contributed by atoms with Crippen LogP contribution < -0.4 is 15.2 Å². The predicted molar refractivity (Wildman–Crippen MR) is 58.4 cm³/mol. The lowest BCUT2D eigenvalue weighted by Crippen LogP contribution is -2.16. The van der Waals surface area contributed by atoms with Crippen molar-refractivity contribution >= 4 is 9.84 Å². The fourth-order valence-electron chi connectivity index (χ4n) is 1.63. The molecule has 0 aliphatic carbocycles. The number of fused-ring (bicyclic) bond motifs is 1. The molecular formula is C10H13NO4S. The molecule has 0 saturated heterocycles. The van der Waals surface area contributed by atoms with Crippen molar-refractivity contribution in [2.75, 3.05) is 19.1 Å². The summed E-state index contributed by atoms with van der Waals surface area (Å²) < 4.78 is 34.1. The number of sulfone groups is 1. The number of hydrogen-bond donors (Lipinski definition) is 1. The van der Waals surface area contributed by atoms with Gasteiger partial charge in [0.25, 0.3) is 0 Å². The SMILES string of the molecule is Cc1cc2c(cc1S(=O)(=O)CCN)OCO2. The van der Waals surface area contributed by atoms with Crippen molar-refractivity contribution < 1.29 is 17.9 Å². The molecule has 16 heavy (non-hydrogen) atoms. The third kappa shape index (κ3) is 1.85. The van der Waals surface area contributed by atoms with E-state index in [1.807, 2.05) is 0 Å². The lowest BCUT2D eigenvalue weighted by Gasteiger charge is -2.07. The first-order valence-corrected chi connectivity index (χ1v) is 6.53. The summed E-state index contributed by atoms with van der Waals surface area (Å²) in [6, 6.07) is 3.17. The van der Waals surface area contributed by atoms with Gasteiger partial charge in [-0.2, -0.15) is 0 Å². The Morgan fingerprint density at radius 1 is 1.31 bits per heavy atom. The fraction of sp³-hybridized carbons (Fsp3) is 0.400. The Kier molecular flexibility index (Phi) is 2.77. The molecule has 88 valence electrons. The lowest BCUT2D eigenvalue weighted by molar-refractivity contribution is 0.174. The van der Waals surface area contributed by atoms with Crippen LogP contribution in [0.3, 0.4) is 0 Å². The van der Waals surface area contributed by atoms with Crippen LogP contribution in [0.15, 0.2) is 17.0 Å². The average molecular weight is 243 g/mol. The van der Waals surface area contributed by atoms with Crippen molar-refractivity contribution in [3.8, 4) is 11.5 Å². The molecule has 0 unspecified atom stereocenters. The van der Waals surface area contributed by atoms with Gasteiger partial charge in [-0.1, -0.05) is 0 Å². The van der Waals surface area contributed by atoms with Crippen molar-refractivity contribution in [3.63, 3.8) is 0 Å². The number of rotatable bonds is 3. The largest absolute Gasteiger partial charge is 0.454 e. The Morgan fingerprint density at radius 3 is 2.56 bits per heavy atom. The number of aryl methyl sites for hydroxylation is 1. The normalized spacial score (nSPS) is 14.1. The highest BCUT2D eigenvalue weighted by molar-refractivity contribution is 7.91. The van der Waals surface area contributed by atoms with E-state index in [4.69, 9.17) is 15.2 Å². The molecule has 0 saturated carbocycles. The van der Waals surface area contributed by atoms with Crippen LogP contribution in [-0.4, -0.2) is 27.5 Å². The summed E-state index contributed by atoms with van der Waals surface area (Å²) in [4.78, 5) is 0.266. The van der Waals surface area contributed by atoms with E-state index < -0.39 is 9.84 Å². The number of benzene rings is 1. The maximum atomic E-state index is 11.9. The van der Waals surface area contributed by atoms with Gasteiger partial charge in [-0.05, 0) is 18.6 Å². The number of hydrogen-bond acceptors (Lipinski definition) is 5. The van der Waals surface area contributed by atoms with Gasteiger partial charge in [0, 0.05) is 12.6 Å². The Morgan fingerprint density at radius 2 is 1.94 bits per heavy atom.